The molecule has 0 unspecified atom stereocenters. The highest BCUT2D eigenvalue weighted by molar-refractivity contribution is 7.99. The van der Waals surface area contributed by atoms with Gasteiger partial charge in [0.2, 0.25) is 0 Å². The summed E-state index contributed by atoms with van der Waals surface area (Å²) in [6.45, 7) is 0. The molecule has 1 fully saturated rings. The maximum absolute atomic E-state index is 12.9. The minimum absolute atomic E-state index is 0.123. The van der Waals surface area contributed by atoms with E-state index in [9.17, 15) is 9.18 Å². The number of nitrogens with one attached hydrogen (secondary N) is 1. The molecule has 1 aliphatic rings. The average molecular weight is 227 g/mol. The summed E-state index contributed by atoms with van der Waals surface area (Å²) in [6.07, 6.45) is 0. The first-order valence-corrected chi connectivity index (χ1v) is 5.57. The second-order valence-corrected chi connectivity index (χ2v) is 4.46. The van der Waals surface area contributed by atoms with Gasteiger partial charge in [-0.2, -0.15) is 0 Å². The van der Waals surface area contributed by atoms with Gasteiger partial charge in [0, 0.05) is 5.75 Å². The number of hydrogen-bond donors (Lipinski definition) is 2. The molecule has 80 valence electrons. The van der Waals surface area contributed by atoms with E-state index < -0.39 is 12.0 Å². The monoisotopic (exact) mass is 227 g/mol. The van der Waals surface area contributed by atoms with E-state index >= 15 is 0 Å². The molecule has 1 aliphatic heterocycles. The summed E-state index contributed by atoms with van der Waals surface area (Å²) in [5, 5.41) is 11.6. The van der Waals surface area contributed by atoms with Crippen molar-refractivity contribution in [3.05, 3.63) is 35.6 Å². The summed E-state index contributed by atoms with van der Waals surface area (Å²) in [5.74, 6) is -0.647. The van der Waals surface area contributed by atoms with Gasteiger partial charge in [-0.1, -0.05) is 12.1 Å². The van der Waals surface area contributed by atoms with Gasteiger partial charge >= 0.3 is 5.97 Å². The Labute approximate surface area is 90.7 Å². The second-order valence-electron chi connectivity index (χ2n) is 3.33. The first-order chi connectivity index (χ1) is 7.16. The summed E-state index contributed by atoms with van der Waals surface area (Å²) in [6, 6.07) is 5.68. The van der Waals surface area contributed by atoms with Gasteiger partial charge in [0.05, 0.1) is 5.37 Å². The number of carboxylic acids is 1. The van der Waals surface area contributed by atoms with Crippen LogP contribution in [-0.2, 0) is 4.79 Å². The van der Waals surface area contributed by atoms with Crippen molar-refractivity contribution >= 4 is 17.7 Å². The number of carboxylic acid groups (broad SMARTS) is 1. The molecule has 0 amide bonds. The fraction of sp³-hybridized carbons (Fsp3) is 0.300. The van der Waals surface area contributed by atoms with Gasteiger partial charge in [-0.05, 0) is 17.7 Å². The third-order valence-corrected chi connectivity index (χ3v) is 3.50. The van der Waals surface area contributed by atoms with Crippen molar-refractivity contribution in [3.8, 4) is 0 Å². The van der Waals surface area contributed by atoms with Gasteiger partial charge < -0.3 is 5.11 Å². The van der Waals surface area contributed by atoms with Crippen LogP contribution < -0.4 is 5.32 Å². The highest BCUT2D eigenvalue weighted by Gasteiger charge is 2.30. The first-order valence-electron chi connectivity index (χ1n) is 4.53. The van der Waals surface area contributed by atoms with Crippen LogP contribution in [0.25, 0.3) is 0 Å². The molecule has 2 rings (SSSR count). The molecule has 1 saturated heterocycles. The van der Waals surface area contributed by atoms with Crippen LogP contribution in [0.2, 0.25) is 0 Å². The molecule has 1 aromatic carbocycles. The highest BCUT2D eigenvalue weighted by Crippen LogP contribution is 2.32. The van der Waals surface area contributed by atoms with Gasteiger partial charge in [-0.25, -0.2) is 4.39 Å². The van der Waals surface area contributed by atoms with Crippen LogP contribution in [0.5, 0.6) is 0 Å². The van der Waals surface area contributed by atoms with Gasteiger partial charge in [-0.3, -0.25) is 10.1 Å². The van der Waals surface area contributed by atoms with E-state index in [4.69, 9.17) is 5.11 Å². The van der Waals surface area contributed by atoms with E-state index in [-0.39, 0.29) is 11.2 Å². The van der Waals surface area contributed by atoms with Crippen LogP contribution >= 0.6 is 11.8 Å². The van der Waals surface area contributed by atoms with Crippen molar-refractivity contribution < 1.29 is 14.3 Å². The lowest BCUT2D eigenvalue weighted by Gasteiger charge is -2.10. The Morgan fingerprint density at radius 2 is 2.40 bits per heavy atom. The molecule has 0 radical (unpaired) electrons. The van der Waals surface area contributed by atoms with E-state index in [2.05, 4.69) is 5.32 Å². The normalized spacial score (nSPS) is 25.4. The molecule has 2 atom stereocenters. The van der Waals surface area contributed by atoms with Crippen molar-refractivity contribution in [1.29, 1.82) is 0 Å². The number of halogens is 1. The zero-order valence-corrected chi connectivity index (χ0v) is 8.63. The zero-order chi connectivity index (χ0) is 10.8. The zero-order valence-electron chi connectivity index (χ0n) is 7.81. The summed E-state index contributed by atoms with van der Waals surface area (Å²) in [7, 11) is 0. The van der Waals surface area contributed by atoms with Gasteiger partial charge in [0.15, 0.2) is 0 Å². The van der Waals surface area contributed by atoms with E-state index in [1.807, 2.05) is 0 Å². The largest absolute Gasteiger partial charge is 0.480 e. The Bertz CT molecular complexity index is 385. The van der Waals surface area contributed by atoms with E-state index in [0.717, 1.165) is 5.56 Å². The standard InChI is InChI=1S/C10H10FNO2S/c11-7-3-1-2-6(4-7)9-12-8(5-15-9)10(13)14/h1-4,8-9,12H,5H2,(H,13,14)/t8-,9-/m1/s1. The van der Waals surface area contributed by atoms with Crippen LogP contribution in [0.15, 0.2) is 24.3 Å². The molecule has 2 N–H and O–H groups in total. The van der Waals surface area contributed by atoms with Gasteiger partial charge in [0.25, 0.3) is 0 Å². The van der Waals surface area contributed by atoms with Crippen molar-refractivity contribution in [3.63, 3.8) is 0 Å². The number of carbonyl (C=O) groups is 1. The number of rotatable bonds is 2. The molecule has 1 heterocycles. The van der Waals surface area contributed by atoms with Crippen molar-refractivity contribution in [2.75, 3.05) is 5.75 Å². The number of thioether (sulfide) groups is 1. The molecule has 15 heavy (non-hydrogen) atoms. The fourth-order valence-electron chi connectivity index (χ4n) is 1.48. The first kappa shape index (κ1) is 10.4. The predicted molar refractivity (Wildman–Crippen MR) is 56.2 cm³/mol. The molecule has 0 bridgehead atoms. The Hall–Kier alpha value is -1.07. The third-order valence-electron chi connectivity index (χ3n) is 2.23. The molecular weight excluding hydrogens is 217 g/mol. The van der Waals surface area contributed by atoms with E-state index in [1.165, 1.54) is 23.9 Å². The number of hydrogen-bond acceptors (Lipinski definition) is 3. The minimum Gasteiger partial charge on any atom is -0.480 e. The average Bonchev–Trinajstić information content (AvgIpc) is 2.66. The Morgan fingerprint density at radius 3 is 3.00 bits per heavy atom. The Morgan fingerprint density at radius 1 is 1.60 bits per heavy atom. The van der Waals surface area contributed by atoms with Crippen LogP contribution in [-0.4, -0.2) is 22.9 Å². The lowest BCUT2D eigenvalue weighted by atomic mass is 10.2. The maximum Gasteiger partial charge on any atom is 0.321 e. The molecule has 5 heteroatoms. The maximum atomic E-state index is 12.9. The molecule has 0 aliphatic carbocycles. The predicted octanol–water partition coefficient (Wildman–Crippen LogP) is 1.61. The van der Waals surface area contributed by atoms with Crippen molar-refractivity contribution in [2.45, 2.75) is 11.4 Å². The molecule has 0 spiro atoms. The van der Waals surface area contributed by atoms with Crippen molar-refractivity contribution in [1.82, 2.24) is 5.32 Å². The fourth-order valence-corrected chi connectivity index (χ4v) is 2.70. The molecule has 3 nitrogen and oxygen atoms in total. The van der Waals surface area contributed by atoms with E-state index in [0.29, 0.717) is 5.75 Å². The molecular formula is C10H10FNO2S. The Balaban J connectivity index is 2.11. The summed E-state index contributed by atoms with van der Waals surface area (Å²) in [5.41, 5.74) is 0.781. The number of aliphatic carboxylic acids is 1. The third kappa shape index (κ3) is 2.30. The second kappa shape index (κ2) is 4.20. The van der Waals surface area contributed by atoms with Crippen LogP contribution in [0.3, 0.4) is 0 Å². The summed E-state index contributed by atoms with van der Waals surface area (Å²) < 4.78 is 12.9. The SMILES string of the molecule is O=C(O)[C@H]1CS[C@H](c2cccc(F)c2)N1. The van der Waals surface area contributed by atoms with Crippen molar-refractivity contribution in [2.24, 2.45) is 0 Å². The van der Waals surface area contributed by atoms with E-state index in [1.54, 1.807) is 12.1 Å². The lowest BCUT2D eigenvalue weighted by molar-refractivity contribution is -0.138. The van der Waals surface area contributed by atoms with Crippen LogP contribution in [0.1, 0.15) is 10.9 Å². The highest BCUT2D eigenvalue weighted by atomic mass is 32.2. The minimum atomic E-state index is -0.860. The smallest absolute Gasteiger partial charge is 0.321 e. The topological polar surface area (TPSA) is 49.3 Å². The molecule has 0 aromatic heterocycles. The van der Waals surface area contributed by atoms with Crippen LogP contribution in [0, 0.1) is 5.82 Å². The molecule has 0 saturated carbocycles. The summed E-state index contributed by atoms with van der Waals surface area (Å²) >= 11 is 1.48. The van der Waals surface area contributed by atoms with Crippen LogP contribution in [0.4, 0.5) is 4.39 Å². The lowest BCUT2D eigenvalue weighted by Crippen LogP contribution is -2.33. The number of benzene rings is 1. The molecule has 1 aromatic rings. The quantitative estimate of drug-likeness (QED) is 0.806. The summed E-state index contributed by atoms with van der Waals surface area (Å²) in [4.78, 5) is 10.7. The van der Waals surface area contributed by atoms with Gasteiger partial charge in [0.1, 0.15) is 11.9 Å². The van der Waals surface area contributed by atoms with Gasteiger partial charge in [-0.15, -0.1) is 11.8 Å². The Kier molecular flexibility index (Phi) is 2.93.